The second-order valence-electron chi connectivity index (χ2n) is 4.74. The lowest BCUT2D eigenvalue weighted by atomic mass is 9.97. The largest absolute Gasteiger partial charge is 0.323 e. The third kappa shape index (κ3) is 2.62. The maximum absolute atomic E-state index is 13.7. The molecule has 2 aromatic rings. The van der Waals surface area contributed by atoms with Crippen molar-refractivity contribution in [1.29, 1.82) is 0 Å². The van der Waals surface area contributed by atoms with Crippen LogP contribution in [0.5, 0.6) is 0 Å². The van der Waals surface area contributed by atoms with Gasteiger partial charge in [0.1, 0.15) is 5.82 Å². The van der Waals surface area contributed by atoms with Gasteiger partial charge in [0.2, 0.25) is 0 Å². The van der Waals surface area contributed by atoms with Crippen molar-refractivity contribution in [1.82, 2.24) is 0 Å². The van der Waals surface area contributed by atoms with Gasteiger partial charge < -0.3 is 5.73 Å². The van der Waals surface area contributed by atoms with Crippen LogP contribution in [0, 0.1) is 5.82 Å². The molecule has 0 heterocycles. The Morgan fingerprint density at radius 3 is 2.26 bits per heavy atom. The Hall–Kier alpha value is -1.46. The van der Waals surface area contributed by atoms with Crippen molar-refractivity contribution >= 4 is 20.6 Å². The van der Waals surface area contributed by atoms with E-state index < -0.39 is 21.1 Å². The summed E-state index contributed by atoms with van der Waals surface area (Å²) in [4.78, 5) is 0. The predicted molar refractivity (Wildman–Crippen MR) is 75.1 cm³/mol. The lowest BCUT2D eigenvalue weighted by Gasteiger charge is -2.20. The fraction of sp³-hybridized carbons (Fsp3) is 0.286. The van der Waals surface area contributed by atoms with Gasteiger partial charge in [0.25, 0.3) is 0 Å². The molecule has 0 aliphatic rings. The van der Waals surface area contributed by atoms with Crippen molar-refractivity contribution in [3.8, 4) is 0 Å². The second kappa shape index (κ2) is 4.90. The molecule has 0 bridgehead atoms. The highest BCUT2D eigenvalue weighted by Crippen LogP contribution is 2.28. The summed E-state index contributed by atoms with van der Waals surface area (Å²) in [5, 5.41) is 0.392. The van der Waals surface area contributed by atoms with Crippen LogP contribution in [0.2, 0.25) is 0 Å². The van der Waals surface area contributed by atoms with E-state index in [2.05, 4.69) is 0 Å². The minimum atomic E-state index is -3.25. The number of hydrogen-bond acceptors (Lipinski definition) is 3. The third-order valence-electron chi connectivity index (χ3n) is 3.44. The van der Waals surface area contributed by atoms with Crippen LogP contribution in [0.1, 0.15) is 18.5 Å². The van der Waals surface area contributed by atoms with E-state index in [1.165, 1.54) is 6.07 Å². The number of nitrogens with two attached hydrogens (primary N) is 1. The Morgan fingerprint density at radius 2 is 1.68 bits per heavy atom. The maximum atomic E-state index is 13.7. The summed E-state index contributed by atoms with van der Waals surface area (Å²) in [5.41, 5.74) is 6.69. The standard InChI is InChI=1S/C14H16FNO2S/c1-9(19(2,17)18)14(16)12-7-8-13(15)11-6-4-3-5-10(11)12/h3-9,14H,16H2,1-2H3. The average Bonchev–Trinajstić information content (AvgIpc) is 2.37. The molecule has 102 valence electrons. The average molecular weight is 281 g/mol. The summed E-state index contributed by atoms with van der Waals surface area (Å²) in [6, 6.07) is 9.13. The van der Waals surface area contributed by atoms with Gasteiger partial charge in [0.15, 0.2) is 9.84 Å². The highest BCUT2D eigenvalue weighted by atomic mass is 32.2. The first-order valence-electron chi connectivity index (χ1n) is 5.94. The molecule has 0 radical (unpaired) electrons. The molecule has 0 aliphatic carbocycles. The van der Waals surface area contributed by atoms with Crippen LogP contribution in [0.3, 0.4) is 0 Å². The molecule has 2 unspecified atom stereocenters. The van der Waals surface area contributed by atoms with Gasteiger partial charge in [-0.2, -0.15) is 0 Å². The van der Waals surface area contributed by atoms with Crippen LogP contribution < -0.4 is 5.73 Å². The van der Waals surface area contributed by atoms with Crippen molar-refractivity contribution < 1.29 is 12.8 Å². The third-order valence-corrected chi connectivity index (χ3v) is 5.09. The molecule has 0 aliphatic heterocycles. The summed E-state index contributed by atoms with van der Waals surface area (Å²) in [6.07, 6.45) is 1.16. The predicted octanol–water partition coefficient (Wildman–Crippen LogP) is 2.41. The minimum Gasteiger partial charge on any atom is -0.323 e. The maximum Gasteiger partial charge on any atom is 0.151 e. The van der Waals surface area contributed by atoms with Crippen LogP contribution >= 0.6 is 0 Å². The normalized spacial score (nSPS) is 15.4. The molecule has 0 aromatic heterocycles. The fourth-order valence-corrected chi connectivity index (χ4v) is 2.77. The number of halogens is 1. The SMILES string of the molecule is CC(C(N)c1ccc(F)c2ccccc12)S(C)(=O)=O. The molecule has 0 spiro atoms. The molecule has 0 saturated carbocycles. The molecule has 0 saturated heterocycles. The molecule has 2 aromatic carbocycles. The van der Waals surface area contributed by atoms with E-state index in [0.717, 1.165) is 6.26 Å². The Labute approximate surface area is 112 Å². The second-order valence-corrected chi connectivity index (χ2v) is 7.15. The fourth-order valence-electron chi connectivity index (χ4n) is 2.10. The summed E-state index contributed by atoms with van der Waals surface area (Å²) in [7, 11) is -3.25. The molecule has 5 heteroatoms. The number of fused-ring (bicyclic) bond motifs is 1. The van der Waals surface area contributed by atoms with Crippen LogP contribution in [0.25, 0.3) is 10.8 Å². The summed E-state index contributed by atoms with van der Waals surface area (Å²) in [6.45, 7) is 1.57. The number of sulfone groups is 1. The summed E-state index contributed by atoms with van der Waals surface area (Å²) < 4.78 is 36.9. The molecule has 19 heavy (non-hydrogen) atoms. The van der Waals surface area contributed by atoms with E-state index >= 15 is 0 Å². The highest BCUT2D eigenvalue weighted by Gasteiger charge is 2.25. The monoisotopic (exact) mass is 281 g/mol. The Bertz CT molecular complexity index is 712. The molecule has 0 fully saturated rings. The van der Waals surface area contributed by atoms with Gasteiger partial charge in [-0.1, -0.05) is 30.3 Å². The van der Waals surface area contributed by atoms with Crippen molar-refractivity contribution in [2.75, 3.05) is 6.26 Å². The zero-order valence-corrected chi connectivity index (χ0v) is 11.6. The summed E-state index contributed by atoms with van der Waals surface area (Å²) >= 11 is 0. The topological polar surface area (TPSA) is 60.2 Å². The molecule has 0 amide bonds. The molecule has 2 atom stereocenters. The van der Waals surface area contributed by atoms with E-state index in [4.69, 9.17) is 5.73 Å². The lowest BCUT2D eigenvalue weighted by molar-refractivity contribution is 0.571. The molecular weight excluding hydrogens is 265 g/mol. The van der Waals surface area contributed by atoms with Crippen LogP contribution in [-0.4, -0.2) is 19.9 Å². The van der Waals surface area contributed by atoms with Gasteiger partial charge >= 0.3 is 0 Å². The number of benzene rings is 2. The zero-order chi connectivity index (χ0) is 14.2. The zero-order valence-electron chi connectivity index (χ0n) is 10.8. The van der Waals surface area contributed by atoms with E-state index in [-0.39, 0.29) is 5.82 Å². The smallest absolute Gasteiger partial charge is 0.151 e. The van der Waals surface area contributed by atoms with E-state index in [1.54, 1.807) is 37.3 Å². The van der Waals surface area contributed by atoms with E-state index in [9.17, 15) is 12.8 Å². The first-order valence-corrected chi connectivity index (χ1v) is 7.89. The molecular formula is C14H16FNO2S. The Morgan fingerprint density at radius 1 is 1.11 bits per heavy atom. The highest BCUT2D eigenvalue weighted by molar-refractivity contribution is 7.91. The first-order chi connectivity index (χ1) is 8.82. The van der Waals surface area contributed by atoms with Crippen LogP contribution in [0.15, 0.2) is 36.4 Å². The van der Waals surface area contributed by atoms with Gasteiger partial charge in [0.05, 0.1) is 5.25 Å². The van der Waals surface area contributed by atoms with Gasteiger partial charge in [-0.25, -0.2) is 12.8 Å². The Kier molecular flexibility index (Phi) is 3.60. The summed E-state index contributed by atoms with van der Waals surface area (Å²) in [5.74, 6) is -0.335. The minimum absolute atomic E-state index is 0.335. The van der Waals surface area contributed by atoms with Gasteiger partial charge in [-0.3, -0.25) is 0 Å². The van der Waals surface area contributed by atoms with Gasteiger partial charge in [0, 0.05) is 17.7 Å². The Balaban J connectivity index is 2.61. The van der Waals surface area contributed by atoms with Gasteiger partial charge in [-0.05, 0) is 23.9 Å². The number of hydrogen-bond donors (Lipinski definition) is 1. The van der Waals surface area contributed by atoms with Crippen molar-refractivity contribution in [3.63, 3.8) is 0 Å². The van der Waals surface area contributed by atoms with Crippen molar-refractivity contribution in [2.24, 2.45) is 5.73 Å². The van der Waals surface area contributed by atoms with Crippen molar-refractivity contribution in [2.45, 2.75) is 18.2 Å². The van der Waals surface area contributed by atoms with E-state index in [0.29, 0.717) is 16.3 Å². The molecule has 2 N–H and O–H groups in total. The quantitative estimate of drug-likeness (QED) is 0.940. The molecule has 2 rings (SSSR count). The van der Waals surface area contributed by atoms with Gasteiger partial charge in [-0.15, -0.1) is 0 Å². The van der Waals surface area contributed by atoms with E-state index in [1.807, 2.05) is 0 Å². The lowest BCUT2D eigenvalue weighted by Crippen LogP contribution is -2.30. The first kappa shape index (κ1) is 14.0. The van der Waals surface area contributed by atoms with Crippen LogP contribution in [0.4, 0.5) is 4.39 Å². The molecule has 3 nitrogen and oxygen atoms in total. The van der Waals surface area contributed by atoms with Crippen molar-refractivity contribution in [3.05, 3.63) is 47.8 Å². The van der Waals surface area contributed by atoms with Crippen LogP contribution in [-0.2, 0) is 9.84 Å². The number of rotatable bonds is 3.